The van der Waals surface area contributed by atoms with Crippen molar-refractivity contribution in [3.05, 3.63) is 70.9 Å². The molecule has 0 aliphatic heterocycles. The molecule has 2 aromatic carbocycles. The number of rotatable bonds is 7. The van der Waals surface area contributed by atoms with Crippen molar-refractivity contribution < 1.29 is 9.47 Å². The molecule has 0 radical (unpaired) electrons. The second kappa shape index (κ2) is 8.40. The third-order valence-corrected chi connectivity index (χ3v) is 4.32. The Morgan fingerprint density at radius 3 is 2.41 bits per heavy atom. The number of hydrogen-bond acceptors (Lipinski definition) is 6. The van der Waals surface area contributed by atoms with E-state index in [1.165, 1.54) is 0 Å². The summed E-state index contributed by atoms with van der Waals surface area (Å²) in [7, 11) is 1.63. The number of benzene rings is 2. The van der Waals surface area contributed by atoms with Crippen molar-refractivity contribution in [1.82, 2.24) is 9.97 Å². The minimum Gasteiger partial charge on any atom is -0.493 e. The first kappa shape index (κ1) is 18.5. The highest BCUT2D eigenvalue weighted by molar-refractivity contribution is 5.50. The van der Waals surface area contributed by atoms with Gasteiger partial charge in [-0.25, -0.2) is 4.98 Å². The highest BCUT2D eigenvalue weighted by Gasteiger charge is 2.13. The molecule has 0 saturated carbocycles. The largest absolute Gasteiger partial charge is 0.493 e. The number of aryl methyl sites for hydroxylation is 1. The fourth-order valence-corrected chi connectivity index (χ4v) is 2.94. The molecule has 6 nitrogen and oxygen atoms in total. The average molecular weight is 364 g/mol. The van der Waals surface area contributed by atoms with E-state index in [2.05, 4.69) is 9.97 Å². The van der Waals surface area contributed by atoms with Crippen LogP contribution in [0.2, 0.25) is 0 Å². The molecule has 140 valence electrons. The maximum atomic E-state index is 6.07. The van der Waals surface area contributed by atoms with E-state index in [1.54, 1.807) is 7.11 Å². The van der Waals surface area contributed by atoms with Crippen molar-refractivity contribution in [2.45, 2.75) is 26.4 Å². The third kappa shape index (κ3) is 4.47. The lowest BCUT2D eigenvalue weighted by Crippen LogP contribution is -2.09. The quantitative estimate of drug-likeness (QED) is 0.667. The van der Waals surface area contributed by atoms with Crippen LogP contribution >= 0.6 is 0 Å². The first-order valence-corrected chi connectivity index (χ1v) is 8.85. The molecule has 0 unspecified atom stereocenters. The first-order chi connectivity index (χ1) is 13.1. The van der Waals surface area contributed by atoms with Crippen molar-refractivity contribution >= 4 is 11.8 Å². The third-order valence-electron chi connectivity index (χ3n) is 4.32. The molecule has 0 fully saturated rings. The molecule has 27 heavy (non-hydrogen) atoms. The molecule has 1 heterocycles. The van der Waals surface area contributed by atoms with Crippen LogP contribution < -0.4 is 20.9 Å². The van der Waals surface area contributed by atoms with Gasteiger partial charge in [-0.2, -0.15) is 4.98 Å². The lowest BCUT2D eigenvalue weighted by atomic mass is 10.0. The first-order valence-electron chi connectivity index (χ1n) is 8.85. The number of aromatic nitrogens is 2. The molecule has 0 aliphatic carbocycles. The smallest absolute Gasteiger partial charge is 0.222 e. The van der Waals surface area contributed by atoms with E-state index in [0.717, 1.165) is 28.8 Å². The molecule has 3 rings (SSSR count). The van der Waals surface area contributed by atoms with Gasteiger partial charge in [-0.15, -0.1) is 0 Å². The Morgan fingerprint density at radius 2 is 1.70 bits per heavy atom. The Kier molecular flexibility index (Phi) is 5.76. The van der Waals surface area contributed by atoms with Gasteiger partial charge < -0.3 is 20.9 Å². The van der Waals surface area contributed by atoms with E-state index in [9.17, 15) is 0 Å². The van der Waals surface area contributed by atoms with Crippen LogP contribution in [-0.4, -0.2) is 17.1 Å². The van der Waals surface area contributed by atoms with E-state index in [0.29, 0.717) is 30.3 Å². The van der Waals surface area contributed by atoms with Crippen molar-refractivity contribution in [2.24, 2.45) is 0 Å². The van der Waals surface area contributed by atoms with Crippen molar-refractivity contribution in [2.75, 3.05) is 18.6 Å². The van der Waals surface area contributed by atoms with Crippen LogP contribution in [-0.2, 0) is 19.4 Å². The van der Waals surface area contributed by atoms with Gasteiger partial charge in [0.2, 0.25) is 5.95 Å². The predicted octanol–water partition coefficient (Wildman–Crippen LogP) is 3.38. The summed E-state index contributed by atoms with van der Waals surface area (Å²) in [5, 5.41) is 0. The average Bonchev–Trinajstić information content (AvgIpc) is 2.69. The van der Waals surface area contributed by atoms with Gasteiger partial charge in [0, 0.05) is 12.0 Å². The van der Waals surface area contributed by atoms with Gasteiger partial charge in [0.1, 0.15) is 12.4 Å². The molecular formula is C21H24N4O2. The van der Waals surface area contributed by atoms with Crippen LogP contribution in [0.3, 0.4) is 0 Å². The summed E-state index contributed by atoms with van der Waals surface area (Å²) in [4.78, 5) is 8.39. The SMILES string of the molecule is CCc1nc(N)nc(N)c1Cc1ccc(OCc2ccccc2)c(OC)c1. The van der Waals surface area contributed by atoms with E-state index in [4.69, 9.17) is 20.9 Å². The minimum absolute atomic E-state index is 0.204. The number of ether oxygens (including phenoxy) is 2. The Hall–Kier alpha value is -3.28. The van der Waals surface area contributed by atoms with Gasteiger partial charge in [-0.3, -0.25) is 0 Å². The van der Waals surface area contributed by atoms with Crippen molar-refractivity contribution in [3.8, 4) is 11.5 Å². The molecule has 4 N–H and O–H groups in total. The van der Waals surface area contributed by atoms with Gasteiger partial charge in [0.05, 0.1) is 12.8 Å². The molecule has 1 aromatic heterocycles. The summed E-state index contributed by atoms with van der Waals surface area (Å²) in [6.07, 6.45) is 1.34. The molecular weight excluding hydrogens is 340 g/mol. The van der Waals surface area contributed by atoms with Crippen LogP contribution in [0.5, 0.6) is 11.5 Å². The number of hydrogen-bond donors (Lipinski definition) is 2. The molecule has 0 bridgehead atoms. The second-order valence-electron chi connectivity index (χ2n) is 6.18. The zero-order chi connectivity index (χ0) is 19.2. The molecule has 0 spiro atoms. The summed E-state index contributed by atoms with van der Waals surface area (Å²) < 4.78 is 11.4. The predicted molar refractivity (Wildman–Crippen MR) is 107 cm³/mol. The standard InChI is InChI=1S/C21H24N4O2/c1-3-17-16(20(22)25-21(23)24-17)11-15-9-10-18(19(12-15)26-2)27-13-14-7-5-4-6-8-14/h4-10,12H,3,11,13H2,1-2H3,(H4,22,23,24,25). The van der Waals surface area contributed by atoms with Crippen LogP contribution in [0.25, 0.3) is 0 Å². The minimum atomic E-state index is 0.204. The summed E-state index contributed by atoms with van der Waals surface area (Å²) in [5.74, 6) is 2.00. The fourth-order valence-electron chi connectivity index (χ4n) is 2.94. The number of methoxy groups -OCH3 is 1. The highest BCUT2D eigenvalue weighted by atomic mass is 16.5. The summed E-state index contributed by atoms with van der Waals surface area (Å²) in [5.41, 5.74) is 15.7. The maximum Gasteiger partial charge on any atom is 0.222 e. The van der Waals surface area contributed by atoms with Gasteiger partial charge in [0.15, 0.2) is 11.5 Å². The zero-order valence-electron chi connectivity index (χ0n) is 15.6. The highest BCUT2D eigenvalue weighted by Crippen LogP contribution is 2.30. The number of nitrogens with two attached hydrogens (primary N) is 2. The van der Waals surface area contributed by atoms with Crippen molar-refractivity contribution in [1.29, 1.82) is 0 Å². The maximum absolute atomic E-state index is 6.07. The Labute approximate surface area is 159 Å². The number of anilines is 2. The van der Waals surface area contributed by atoms with Crippen LogP contribution in [0.1, 0.15) is 29.3 Å². The Balaban J connectivity index is 1.80. The molecule has 6 heteroatoms. The summed E-state index contributed by atoms with van der Waals surface area (Å²) in [6.45, 7) is 2.50. The fraction of sp³-hybridized carbons (Fsp3) is 0.238. The van der Waals surface area contributed by atoms with E-state index in [-0.39, 0.29) is 5.95 Å². The van der Waals surface area contributed by atoms with E-state index in [1.807, 2.05) is 55.5 Å². The number of nitrogens with zero attached hydrogens (tertiary/aromatic N) is 2. The monoisotopic (exact) mass is 364 g/mol. The van der Waals surface area contributed by atoms with E-state index < -0.39 is 0 Å². The van der Waals surface area contributed by atoms with E-state index >= 15 is 0 Å². The lowest BCUT2D eigenvalue weighted by Gasteiger charge is -2.14. The van der Waals surface area contributed by atoms with Crippen LogP contribution in [0, 0.1) is 0 Å². The topological polar surface area (TPSA) is 96.3 Å². The second-order valence-corrected chi connectivity index (χ2v) is 6.18. The zero-order valence-corrected chi connectivity index (χ0v) is 15.6. The van der Waals surface area contributed by atoms with Crippen LogP contribution in [0.15, 0.2) is 48.5 Å². The lowest BCUT2D eigenvalue weighted by molar-refractivity contribution is 0.284. The molecule has 0 atom stereocenters. The molecule has 0 amide bonds. The summed E-state index contributed by atoms with van der Waals surface area (Å²) in [6, 6.07) is 15.9. The molecule has 0 aliphatic rings. The normalized spacial score (nSPS) is 10.6. The Morgan fingerprint density at radius 1 is 0.926 bits per heavy atom. The van der Waals surface area contributed by atoms with Gasteiger partial charge in [-0.1, -0.05) is 43.3 Å². The molecule has 3 aromatic rings. The number of nitrogen functional groups attached to an aromatic ring is 2. The van der Waals surface area contributed by atoms with Gasteiger partial charge in [0.25, 0.3) is 0 Å². The van der Waals surface area contributed by atoms with Gasteiger partial charge in [-0.05, 0) is 29.7 Å². The van der Waals surface area contributed by atoms with Crippen molar-refractivity contribution in [3.63, 3.8) is 0 Å². The van der Waals surface area contributed by atoms with Gasteiger partial charge >= 0.3 is 0 Å². The molecule has 0 saturated heterocycles. The Bertz CT molecular complexity index is 914. The summed E-state index contributed by atoms with van der Waals surface area (Å²) >= 11 is 0. The van der Waals surface area contributed by atoms with Crippen LogP contribution in [0.4, 0.5) is 11.8 Å².